The van der Waals surface area contributed by atoms with Crippen LogP contribution in [0.2, 0.25) is 0 Å². The number of benzene rings is 2. The molecule has 0 unspecified atom stereocenters. The second kappa shape index (κ2) is 9.94. The zero-order valence-electron chi connectivity index (χ0n) is 18.0. The minimum absolute atomic E-state index is 0.0828. The highest BCUT2D eigenvalue weighted by Crippen LogP contribution is 2.27. The molecule has 0 spiro atoms. The second-order valence-corrected chi connectivity index (χ2v) is 8.11. The van der Waals surface area contributed by atoms with Gasteiger partial charge in [-0.05, 0) is 49.4 Å². The van der Waals surface area contributed by atoms with E-state index in [0.717, 1.165) is 56.3 Å². The van der Waals surface area contributed by atoms with Crippen molar-refractivity contribution in [1.82, 2.24) is 4.90 Å². The van der Waals surface area contributed by atoms with Gasteiger partial charge in [0.1, 0.15) is 0 Å². The first-order valence-electron chi connectivity index (χ1n) is 10.9. The van der Waals surface area contributed by atoms with E-state index in [0.29, 0.717) is 13.0 Å². The number of para-hydroxylation sites is 1. The molecule has 0 aromatic heterocycles. The number of amides is 2. The van der Waals surface area contributed by atoms with Crippen LogP contribution in [-0.4, -0.2) is 69.7 Å². The van der Waals surface area contributed by atoms with Crippen LogP contribution in [0.1, 0.15) is 12.0 Å². The van der Waals surface area contributed by atoms with Gasteiger partial charge in [0.25, 0.3) is 0 Å². The van der Waals surface area contributed by atoms with E-state index < -0.39 is 0 Å². The Kier molecular flexibility index (Phi) is 6.84. The molecule has 2 aliphatic heterocycles. The lowest BCUT2D eigenvalue weighted by molar-refractivity contribution is -0.120. The molecule has 1 fully saturated rings. The Bertz CT molecular complexity index is 909. The molecule has 164 valence electrons. The Hall–Kier alpha value is -2.90. The van der Waals surface area contributed by atoms with E-state index in [4.69, 9.17) is 4.74 Å². The van der Waals surface area contributed by atoms with E-state index in [1.54, 1.807) is 0 Å². The maximum Gasteiger partial charge on any atom is 0.238 e. The van der Waals surface area contributed by atoms with Crippen LogP contribution >= 0.6 is 0 Å². The highest BCUT2D eigenvalue weighted by atomic mass is 16.5. The molecule has 0 aliphatic carbocycles. The third kappa shape index (κ3) is 5.42. The summed E-state index contributed by atoms with van der Waals surface area (Å²) in [7, 11) is 1.87. The maximum atomic E-state index is 12.6. The van der Waals surface area contributed by atoms with Gasteiger partial charge < -0.3 is 19.9 Å². The molecule has 2 heterocycles. The second-order valence-electron chi connectivity index (χ2n) is 8.11. The van der Waals surface area contributed by atoms with Gasteiger partial charge in [-0.2, -0.15) is 0 Å². The SMILES string of the molecule is CN(CCC(=O)N1CCc2ccccc21)CC(=O)Nc1ccc(N2CCOCC2)cc1. The summed E-state index contributed by atoms with van der Waals surface area (Å²) in [6.45, 7) is 4.80. The van der Waals surface area contributed by atoms with Crippen LogP contribution in [0, 0.1) is 0 Å². The molecular formula is C24H30N4O3. The number of nitrogens with one attached hydrogen (secondary N) is 1. The first-order chi connectivity index (χ1) is 15.1. The predicted molar refractivity (Wildman–Crippen MR) is 123 cm³/mol. The van der Waals surface area contributed by atoms with E-state index in [1.807, 2.05) is 59.3 Å². The Morgan fingerprint density at radius 1 is 1.03 bits per heavy atom. The summed E-state index contributed by atoms with van der Waals surface area (Å²) >= 11 is 0. The fraction of sp³-hybridized carbons (Fsp3) is 0.417. The van der Waals surface area contributed by atoms with Crippen molar-refractivity contribution in [2.45, 2.75) is 12.8 Å². The van der Waals surface area contributed by atoms with Gasteiger partial charge in [-0.25, -0.2) is 0 Å². The van der Waals surface area contributed by atoms with Gasteiger partial charge in [-0.1, -0.05) is 18.2 Å². The number of hydrogen-bond donors (Lipinski definition) is 1. The monoisotopic (exact) mass is 422 g/mol. The molecular weight excluding hydrogens is 392 g/mol. The van der Waals surface area contributed by atoms with Crippen LogP contribution in [0.5, 0.6) is 0 Å². The molecule has 0 saturated carbocycles. The van der Waals surface area contributed by atoms with E-state index in [1.165, 1.54) is 5.56 Å². The molecule has 1 saturated heterocycles. The van der Waals surface area contributed by atoms with Crippen LogP contribution in [-0.2, 0) is 20.7 Å². The van der Waals surface area contributed by atoms with Gasteiger partial charge >= 0.3 is 0 Å². The largest absolute Gasteiger partial charge is 0.378 e. The summed E-state index contributed by atoms with van der Waals surface area (Å²) in [5.41, 5.74) is 4.16. The number of carbonyl (C=O) groups excluding carboxylic acids is 2. The smallest absolute Gasteiger partial charge is 0.238 e. The van der Waals surface area contributed by atoms with E-state index >= 15 is 0 Å². The number of anilines is 3. The zero-order valence-corrected chi connectivity index (χ0v) is 18.0. The lowest BCUT2D eigenvalue weighted by Gasteiger charge is -2.28. The number of morpholine rings is 1. The summed E-state index contributed by atoms with van der Waals surface area (Å²) in [5, 5.41) is 2.94. The average molecular weight is 423 g/mol. The van der Waals surface area contributed by atoms with Crippen LogP contribution in [0.15, 0.2) is 48.5 Å². The first-order valence-corrected chi connectivity index (χ1v) is 10.9. The van der Waals surface area contributed by atoms with Gasteiger partial charge in [0.15, 0.2) is 0 Å². The summed E-state index contributed by atoms with van der Waals surface area (Å²) in [4.78, 5) is 31.1. The van der Waals surface area contributed by atoms with E-state index in [9.17, 15) is 9.59 Å². The van der Waals surface area contributed by atoms with Crippen LogP contribution in [0.25, 0.3) is 0 Å². The number of likely N-dealkylation sites (N-methyl/N-ethyl adjacent to an activating group) is 1. The van der Waals surface area contributed by atoms with Crippen LogP contribution in [0.3, 0.4) is 0 Å². The van der Waals surface area contributed by atoms with Gasteiger partial charge in [0.2, 0.25) is 11.8 Å². The molecule has 31 heavy (non-hydrogen) atoms. The van der Waals surface area contributed by atoms with Crippen LogP contribution in [0.4, 0.5) is 17.1 Å². The number of rotatable bonds is 7. The minimum Gasteiger partial charge on any atom is -0.378 e. The molecule has 2 aromatic rings. The van der Waals surface area contributed by atoms with Crippen molar-refractivity contribution in [2.24, 2.45) is 0 Å². The minimum atomic E-state index is -0.0828. The number of fused-ring (bicyclic) bond motifs is 1. The van der Waals surface area contributed by atoms with Crippen molar-refractivity contribution < 1.29 is 14.3 Å². The lowest BCUT2D eigenvalue weighted by Crippen LogP contribution is -2.36. The Labute approximate surface area is 183 Å². The Morgan fingerprint density at radius 2 is 1.77 bits per heavy atom. The average Bonchev–Trinajstić information content (AvgIpc) is 3.23. The molecule has 7 nitrogen and oxygen atoms in total. The maximum absolute atomic E-state index is 12.6. The number of nitrogens with zero attached hydrogens (tertiary/aromatic N) is 3. The quantitative estimate of drug-likeness (QED) is 0.742. The summed E-state index contributed by atoms with van der Waals surface area (Å²) in [6.07, 6.45) is 1.30. The number of ether oxygens (including phenoxy) is 1. The molecule has 2 amide bonds. The topological polar surface area (TPSA) is 65.1 Å². The predicted octanol–water partition coefficient (Wildman–Crippen LogP) is 2.37. The third-order valence-corrected chi connectivity index (χ3v) is 5.84. The van der Waals surface area contributed by atoms with Gasteiger partial charge in [0, 0.05) is 49.7 Å². The van der Waals surface area contributed by atoms with Gasteiger partial charge in [0.05, 0.1) is 19.8 Å². The van der Waals surface area contributed by atoms with Crippen molar-refractivity contribution in [2.75, 3.05) is 68.1 Å². The molecule has 0 radical (unpaired) electrons. The van der Waals surface area contributed by atoms with Crippen LogP contribution < -0.4 is 15.1 Å². The van der Waals surface area contributed by atoms with Crippen molar-refractivity contribution >= 4 is 28.9 Å². The highest BCUT2D eigenvalue weighted by molar-refractivity contribution is 5.95. The summed E-state index contributed by atoms with van der Waals surface area (Å²) < 4.78 is 5.39. The molecule has 2 aliphatic rings. The highest BCUT2D eigenvalue weighted by Gasteiger charge is 2.24. The lowest BCUT2D eigenvalue weighted by atomic mass is 10.2. The molecule has 2 aromatic carbocycles. The van der Waals surface area contributed by atoms with Crippen molar-refractivity contribution in [1.29, 1.82) is 0 Å². The Balaban J connectivity index is 1.21. The molecule has 0 atom stereocenters. The Morgan fingerprint density at radius 3 is 2.55 bits per heavy atom. The number of carbonyl (C=O) groups is 2. The molecule has 7 heteroatoms. The fourth-order valence-corrected chi connectivity index (χ4v) is 4.12. The third-order valence-electron chi connectivity index (χ3n) is 5.84. The van der Waals surface area contributed by atoms with Crippen molar-refractivity contribution in [3.8, 4) is 0 Å². The normalized spacial score (nSPS) is 15.8. The summed E-state index contributed by atoms with van der Waals surface area (Å²) in [5.74, 6) is 0.0245. The van der Waals surface area contributed by atoms with Gasteiger partial charge in [-0.3, -0.25) is 14.5 Å². The van der Waals surface area contributed by atoms with Gasteiger partial charge in [-0.15, -0.1) is 0 Å². The molecule has 1 N–H and O–H groups in total. The molecule has 0 bridgehead atoms. The van der Waals surface area contributed by atoms with Crippen molar-refractivity contribution in [3.05, 3.63) is 54.1 Å². The molecule has 4 rings (SSSR count). The van der Waals surface area contributed by atoms with E-state index in [-0.39, 0.29) is 18.4 Å². The van der Waals surface area contributed by atoms with E-state index in [2.05, 4.69) is 16.3 Å². The first kappa shape index (κ1) is 21.3. The number of hydrogen-bond acceptors (Lipinski definition) is 5. The standard InChI is InChI=1S/C24H30N4O3/c1-26(12-11-24(30)28-13-10-19-4-2-3-5-22(19)28)18-23(29)25-20-6-8-21(9-7-20)27-14-16-31-17-15-27/h2-9H,10-18H2,1H3,(H,25,29). The zero-order chi connectivity index (χ0) is 21.6. The summed E-state index contributed by atoms with van der Waals surface area (Å²) in [6, 6.07) is 16.0. The van der Waals surface area contributed by atoms with Crippen molar-refractivity contribution in [3.63, 3.8) is 0 Å². The fourth-order valence-electron chi connectivity index (χ4n) is 4.12.